The Morgan fingerprint density at radius 2 is 1.77 bits per heavy atom. The molecule has 1 aliphatic rings. The first-order valence-electron chi connectivity index (χ1n) is 8.12. The van der Waals surface area contributed by atoms with Crippen LogP contribution in [0.2, 0.25) is 0 Å². The third-order valence-electron chi connectivity index (χ3n) is 4.06. The van der Waals surface area contributed by atoms with Crippen molar-refractivity contribution in [3.05, 3.63) is 29.8 Å². The lowest BCUT2D eigenvalue weighted by Crippen LogP contribution is -2.29. The number of amides is 1. The molecule has 1 amide bonds. The average Bonchev–Trinajstić information content (AvgIpc) is 2.46. The van der Waals surface area contributed by atoms with Crippen molar-refractivity contribution in [3.63, 3.8) is 0 Å². The van der Waals surface area contributed by atoms with E-state index in [0.717, 1.165) is 24.3 Å². The molecule has 1 N–H and O–H groups in total. The zero-order chi connectivity index (χ0) is 16.1. The summed E-state index contributed by atoms with van der Waals surface area (Å²) in [5.41, 5.74) is 4.40. The van der Waals surface area contributed by atoms with E-state index in [-0.39, 0.29) is 12.0 Å². The molecule has 4 heteroatoms. The van der Waals surface area contributed by atoms with Gasteiger partial charge >= 0.3 is 0 Å². The molecule has 0 bridgehead atoms. The van der Waals surface area contributed by atoms with Crippen LogP contribution in [0.4, 0.5) is 0 Å². The SMILES string of the molecule is CC(C)Oc1ccc(C(=O)NN=C2[C@@H](C)CCC[C@@H]2C)cc1. The van der Waals surface area contributed by atoms with Gasteiger partial charge in [-0.3, -0.25) is 4.79 Å². The van der Waals surface area contributed by atoms with Gasteiger partial charge in [0.05, 0.1) is 6.10 Å². The minimum atomic E-state index is -0.173. The molecular formula is C18H26N2O2. The van der Waals surface area contributed by atoms with Gasteiger partial charge in [0, 0.05) is 11.3 Å². The number of hydrazone groups is 1. The maximum atomic E-state index is 12.2. The highest BCUT2D eigenvalue weighted by molar-refractivity contribution is 5.96. The van der Waals surface area contributed by atoms with Gasteiger partial charge in [0.15, 0.2) is 0 Å². The summed E-state index contributed by atoms with van der Waals surface area (Å²) in [6.45, 7) is 8.31. The molecule has 0 unspecified atom stereocenters. The van der Waals surface area contributed by atoms with Crippen molar-refractivity contribution in [1.82, 2.24) is 5.43 Å². The van der Waals surface area contributed by atoms with Crippen molar-refractivity contribution >= 4 is 11.6 Å². The van der Waals surface area contributed by atoms with Crippen LogP contribution >= 0.6 is 0 Å². The Labute approximate surface area is 132 Å². The molecule has 0 heterocycles. The first-order valence-corrected chi connectivity index (χ1v) is 8.12. The van der Waals surface area contributed by atoms with Gasteiger partial charge in [-0.1, -0.05) is 20.3 Å². The van der Waals surface area contributed by atoms with Crippen LogP contribution < -0.4 is 10.2 Å². The lowest BCUT2D eigenvalue weighted by Gasteiger charge is -2.26. The van der Waals surface area contributed by atoms with Crippen molar-refractivity contribution in [3.8, 4) is 5.75 Å². The Morgan fingerprint density at radius 3 is 2.32 bits per heavy atom. The Hall–Kier alpha value is -1.84. The summed E-state index contributed by atoms with van der Waals surface area (Å²) in [6.07, 6.45) is 3.67. The highest BCUT2D eigenvalue weighted by Crippen LogP contribution is 2.25. The zero-order valence-corrected chi connectivity index (χ0v) is 13.9. The average molecular weight is 302 g/mol. The van der Waals surface area contributed by atoms with E-state index >= 15 is 0 Å². The van der Waals surface area contributed by atoms with E-state index in [9.17, 15) is 4.79 Å². The summed E-state index contributed by atoms with van der Waals surface area (Å²) in [6, 6.07) is 7.16. The molecule has 22 heavy (non-hydrogen) atoms. The largest absolute Gasteiger partial charge is 0.491 e. The minimum Gasteiger partial charge on any atom is -0.491 e. The van der Waals surface area contributed by atoms with Gasteiger partial charge in [0.1, 0.15) is 5.75 Å². The third-order valence-corrected chi connectivity index (χ3v) is 4.06. The Morgan fingerprint density at radius 1 is 1.18 bits per heavy atom. The normalized spacial score (nSPS) is 21.6. The van der Waals surface area contributed by atoms with Gasteiger partial charge < -0.3 is 4.74 Å². The number of benzene rings is 1. The molecule has 120 valence electrons. The number of hydrogen-bond acceptors (Lipinski definition) is 3. The summed E-state index contributed by atoms with van der Waals surface area (Å²) < 4.78 is 5.57. The molecule has 1 aromatic carbocycles. The highest BCUT2D eigenvalue weighted by atomic mass is 16.5. The molecule has 2 atom stereocenters. The molecule has 4 nitrogen and oxygen atoms in total. The van der Waals surface area contributed by atoms with Crippen molar-refractivity contribution in [1.29, 1.82) is 0 Å². The third kappa shape index (κ3) is 4.33. The summed E-state index contributed by atoms with van der Waals surface area (Å²) in [5.74, 6) is 1.50. The molecule has 1 fully saturated rings. The maximum absolute atomic E-state index is 12.2. The van der Waals surface area contributed by atoms with Gasteiger partial charge in [-0.05, 0) is 62.8 Å². The summed E-state index contributed by atoms with van der Waals surface area (Å²) >= 11 is 0. The van der Waals surface area contributed by atoms with E-state index in [0.29, 0.717) is 17.4 Å². The van der Waals surface area contributed by atoms with Crippen molar-refractivity contribution in [2.24, 2.45) is 16.9 Å². The number of nitrogens with zero attached hydrogens (tertiary/aromatic N) is 1. The maximum Gasteiger partial charge on any atom is 0.271 e. The predicted octanol–water partition coefficient (Wildman–Crippen LogP) is 4.02. The lowest BCUT2D eigenvalue weighted by molar-refractivity contribution is 0.0954. The van der Waals surface area contributed by atoms with E-state index in [1.165, 1.54) is 6.42 Å². The van der Waals surface area contributed by atoms with Crippen molar-refractivity contribution < 1.29 is 9.53 Å². The van der Waals surface area contributed by atoms with Crippen LogP contribution in [0.3, 0.4) is 0 Å². The zero-order valence-electron chi connectivity index (χ0n) is 13.9. The van der Waals surface area contributed by atoms with E-state index in [2.05, 4.69) is 24.4 Å². The number of carbonyl (C=O) groups is 1. The number of carbonyl (C=O) groups excluding carboxylic acids is 1. The number of ether oxygens (including phenoxy) is 1. The van der Waals surface area contributed by atoms with E-state index in [4.69, 9.17) is 4.74 Å². The number of rotatable bonds is 4. The van der Waals surface area contributed by atoms with Gasteiger partial charge in [0.2, 0.25) is 0 Å². The van der Waals surface area contributed by atoms with Crippen LogP contribution in [0.15, 0.2) is 29.4 Å². The predicted molar refractivity (Wildman–Crippen MR) is 89.3 cm³/mol. The van der Waals surface area contributed by atoms with Crippen LogP contribution in [-0.4, -0.2) is 17.7 Å². The second-order valence-electron chi connectivity index (χ2n) is 6.40. The molecule has 2 rings (SSSR count). The second kappa shape index (κ2) is 7.43. The quantitative estimate of drug-likeness (QED) is 0.854. The topological polar surface area (TPSA) is 50.7 Å². The Bertz CT molecular complexity index is 523. The Balaban J connectivity index is 1.99. The fraction of sp³-hybridized carbons (Fsp3) is 0.556. The minimum absolute atomic E-state index is 0.125. The van der Waals surface area contributed by atoms with Crippen LogP contribution in [-0.2, 0) is 0 Å². The van der Waals surface area contributed by atoms with Gasteiger partial charge in [-0.25, -0.2) is 5.43 Å². The molecule has 0 radical (unpaired) electrons. The Kier molecular flexibility index (Phi) is 5.58. The van der Waals surface area contributed by atoms with Crippen LogP contribution in [0.1, 0.15) is 57.3 Å². The fourth-order valence-electron chi connectivity index (χ4n) is 2.87. The lowest BCUT2D eigenvalue weighted by atomic mass is 9.81. The smallest absolute Gasteiger partial charge is 0.271 e. The molecule has 1 aromatic rings. The van der Waals surface area contributed by atoms with Gasteiger partial charge in [0.25, 0.3) is 5.91 Å². The standard InChI is InChI=1S/C18H26N2O2/c1-12(2)22-16-10-8-15(9-11-16)18(21)20-19-17-13(3)6-5-7-14(17)4/h8-14H,5-7H2,1-4H3,(H,20,21)/t13-,14-/m0/s1. The fourth-order valence-corrected chi connectivity index (χ4v) is 2.87. The number of nitrogens with one attached hydrogen (secondary N) is 1. The first kappa shape index (κ1) is 16.5. The van der Waals surface area contributed by atoms with E-state index in [1.54, 1.807) is 12.1 Å². The molecule has 0 aromatic heterocycles. The molecule has 1 saturated carbocycles. The number of hydrogen-bond donors (Lipinski definition) is 1. The monoisotopic (exact) mass is 302 g/mol. The van der Waals surface area contributed by atoms with Crippen LogP contribution in [0, 0.1) is 11.8 Å². The molecule has 0 spiro atoms. The van der Waals surface area contributed by atoms with E-state index < -0.39 is 0 Å². The first-order chi connectivity index (χ1) is 10.5. The van der Waals surface area contributed by atoms with Crippen LogP contribution in [0.5, 0.6) is 5.75 Å². The van der Waals surface area contributed by atoms with E-state index in [1.807, 2.05) is 26.0 Å². The van der Waals surface area contributed by atoms with Crippen LogP contribution in [0.25, 0.3) is 0 Å². The summed E-state index contributed by atoms with van der Waals surface area (Å²) in [5, 5.41) is 4.38. The van der Waals surface area contributed by atoms with Crippen molar-refractivity contribution in [2.75, 3.05) is 0 Å². The molecule has 0 aliphatic heterocycles. The summed E-state index contributed by atoms with van der Waals surface area (Å²) in [4.78, 5) is 12.2. The molecule has 1 aliphatic carbocycles. The molecule has 0 saturated heterocycles. The van der Waals surface area contributed by atoms with Crippen molar-refractivity contribution in [2.45, 2.75) is 53.1 Å². The van der Waals surface area contributed by atoms with Gasteiger partial charge in [-0.15, -0.1) is 0 Å². The van der Waals surface area contributed by atoms with Gasteiger partial charge in [-0.2, -0.15) is 5.10 Å². The molecular weight excluding hydrogens is 276 g/mol. The highest BCUT2D eigenvalue weighted by Gasteiger charge is 2.23. The summed E-state index contributed by atoms with van der Waals surface area (Å²) in [7, 11) is 0. The second-order valence-corrected chi connectivity index (χ2v) is 6.40.